The second-order valence-electron chi connectivity index (χ2n) is 4.98. The molecule has 5 heteroatoms. The maximum Gasteiger partial charge on any atom is 0.223 e. The number of halogens is 1. The van der Waals surface area contributed by atoms with Gasteiger partial charge in [0, 0.05) is 24.1 Å². The molecule has 0 radical (unpaired) electrons. The first-order valence-corrected chi connectivity index (χ1v) is 7.47. The lowest BCUT2D eigenvalue weighted by atomic mass is 10.0. The topological polar surface area (TPSA) is 58.6 Å². The molecule has 1 aromatic rings. The number of benzene rings is 1. The summed E-state index contributed by atoms with van der Waals surface area (Å²) in [6, 6.07) is 7.08. The van der Waals surface area contributed by atoms with Crippen LogP contribution in [0.15, 0.2) is 28.7 Å². The Morgan fingerprint density at radius 3 is 2.50 bits per heavy atom. The third kappa shape index (κ3) is 5.23. The van der Waals surface area contributed by atoms with Gasteiger partial charge in [-0.3, -0.25) is 4.79 Å². The van der Waals surface area contributed by atoms with Crippen LogP contribution in [0.2, 0.25) is 0 Å². The van der Waals surface area contributed by atoms with E-state index in [1.54, 1.807) is 14.0 Å². The van der Waals surface area contributed by atoms with Crippen LogP contribution in [0.4, 0.5) is 0 Å². The minimum Gasteiger partial charge on any atom is -0.386 e. The van der Waals surface area contributed by atoms with Crippen LogP contribution in [0.3, 0.4) is 0 Å². The molecule has 1 amide bonds. The Balaban J connectivity index is 2.54. The molecular formula is C15H22BrNO3. The Labute approximate surface area is 128 Å². The van der Waals surface area contributed by atoms with Crippen molar-refractivity contribution in [1.29, 1.82) is 0 Å². The van der Waals surface area contributed by atoms with E-state index in [-0.39, 0.29) is 17.9 Å². The van der Waals surface area contributed by atoms with Crippen LogP contribution in [-0.2, 0) is 9.53 Å². The molecule has 4 nitrogen and oxygen atoms in total. The van der Waals surface area contributed by atoms with Crippen molar-refractivity contribution >= 4 is 21.8 Å². The lowest BCUT2D eigenvalue weighted by Crippen LogP contribution is -2.40. The maximum atomic E-state index is 12.0. The lowest BCUT2D eigenvalue weighted by molar-refractivity contribution is -0.126. The Morgan fingerprint density at radius 1 is 1.35 bits per heavy atom. The second kappa shape index (κ2) is 8.39. The summed E-state index contributed by atoms with van der Waals surface area (Å²) in [5.74, 6) is -0.194. The van der Waals surface area contributed by atoms with Crippen LogP contribution in [0.25, 0.3) is 0 Å². The number of aliphatic hydroxyl groups excluding tert-OH is 1. The molecule has 0 heterocycles. The van der Waals surface area contributed by atoms with E-state index >= 15 is 0 Å². The quantitative estimate of drug-likeness (QED) is 0.800. The van der Waals surface area contributed by atoms with Gasteiger partial charge in [-0.1, -0.05) is 35.0 Å². The van der Waals surface area contributed by atoms with Gasteiger partial charge in [0.25, 0.3) is 0 Å². The van der Waals surface area contributed by atoms with Gasteiger partial charge in [-0.25, -0.2) is 0 Å². The summed E-state index contributed by atoms with van der Waals surface area (Å²) >= 11 is 3.35. The molecule has 2 N–H and O–H groups in total. The summed E-state index contributed by atoms with van der Waals surface area (Å²) in [5, 5.41) is 13.1. The summed E-state index contributed by atoms with van der Waals surface area (Å²) in [7, 11) is 1.62. The first-order chi connectivity index (χ1) is 9.45. The zero-order valence-electron chi connectivity index (χ0n) is 12.1. The highest BCUT2D eigenvalue weighted by Crippen LogP contribution is 2.20. The van der Waals surface area contributed by atoms with Crippen molar-refractivity contribution in [2.24, 2.45) is 5.92 Å². The largest absolute Gasteiger partial charge is 0.386 e. The van der Waals surface area contributed by atoms with Gasteiger partial charge >= 0.3 is 0 Å². The molecule has 0 aromatic heterocycles. The smallest absolute Gasteiger partial charge is 0.223 e. The van der Waals surface area contributed by atoms with Crippen LogP contribution in [0.1, 0.15) is 31.9 Å². The number of carbonyl (C=O) groups excluding carboxylic acids is 1. The van der Waals surface area contributed by atoms with E-state index in [2.05, 4.69) is 21.2 Å². The van der Waals surface area contributed by atoms with Crippen molar-refractivity contribution in [3.8, 4) is 0 Å². The second-order valence-corrected chi connectivity index (χ2v) is 5.89. The molecule has 0 aliphatic rings. The van der Waals surface area contributed by atoms with Gasteiger partial charge in [0.15, 0.2) is 0 Å². The lowest BCUT2D eigenvalue weighted by Gasteiger charge is -2.22. The van der Waals surface area contributed by atoms with Gasteiger partial charge in [0.2, 0.25) is 5.91 Å². The van der Waals surface area contributed by atoms with Crippen LogP contribution in [0.5, 0.6) is 0 Å². The molecule has 0 fully saturated rings. The number of aliphatic hydroxyl groups is 1. The van der Waals surface area contributed by atoms with E-state index in [1.165, 1.54) is 0 Å². The molecule has 0 saturated heterocycles. The molecule has 1 rings (SSSR count). The number of carbonyl (C=O) groups is 1. The van der Waals surface area contributed by atoms with E-state index < -0.39 is 6.10 Å². The number of methoxy groups -OCH3 is 1. The predicted molar refractivity (Wildman–Crippen MR) is 82.4 cm³/mol. The van der Waals surface area contributed by atoms with E-state index in [0.717, 1.165) is 10.0 Å². The zero-order valence-corrected chi connectivity index (χ0v) is 13.7. The molecular weight excluding hydrogens is 322 g/mol. The molecule has 0 aliphatic carbocycles. The minimum absolute atomic E-state index is 0.0642. The molecule has 1 aromatic carbocycles. The van der Waals surface area contributed by atoms with E-state index in [0.29, 0.717) is 13.0 Å². The number of ether oxygens (including phenoxy) is 1. The molecule has 0 aliphatic heterocycles. The number of amides is 1. The third-order valence-electron chi connectivity index (χ3n) is 3.26. The highest BCUT2D eigenvalue weighted by atomic mass is 79.9. The fourth-order valence-corrected chi connectivity index (χ4v) is 2.08. The van der Waals surface area contributed by atoms with Gasteiger partial charge < -0.3 is 15.2 Å². The minimum atomic E-state index is -0.721. The molecule has 3 atom stereocenters. The number of hydrogen-bond acceptors (Lipinski definition) is 3. The Morgan fingerprint density at radius 2 is 1.95 bits per heavy atom. The van der Waals surface area contributed by atoms with Crippen LogP contribution in [-0.4, -0.2) is 30.8 Å². The van der Waals surface area contributed by atoms with E-state index in [1.807, 2.05) is 31.2 Å². The van der Waals surface area contributed by atoms with Crippen molar-refractivity contribution in [3.05, 3.63) is 34.3 Å². The molecule has 20 heavy (non-hydrogen) atoms. The van der Waals surface area contributed by atoms with Crippen molar-refractivity contribution in [3.63, 3.8) is 0 Å². The van der Waals surface area contributed by atoms with Crippen molar-refractivity contribution in [2.75, 3.05) is 13.7 Å². The first-order valence-electron chi connectivity index (χ1n) is 6.68. The van der Waals surface area contributed by atoms with Gasteiger partial charge in [-0.2, -0.15) is 0 Å². The highest BCUT2D eigenvalue weighted by molar-refractivity contribution is 9.10. The Kier molecular flexibility index (Phi) is 7.19. The predicted octanol–water partition coefficient (Wildman–Crippen LogP) is 2.66. The van der Waals surface area contributed by atoms with Gasteiger partial charge in [-0.05, 0) is 31.0 Å². The van der Waals surface area contributed by atoms with Crippen molar-refractivity contribution in [1.82, 2.24) is 5.32 Å². The van der Waals surface area contributed by atoms with Crippen LogP contribution in [0, 0.1) is 5.92 Å². The monoisotopic (exact) mass is 343 g/mol. The number of rotatable bonds is 7. The summed E-state index contributed by atoms with van der Waals surface area (Å²) in [6.45, 7) is 4.21. The average Bonchev–Trinajstić information content (AvgIpc) is 2.44. The maximum absolute atomic E-state index is 12.0. The third-order valence-corrected chi connectivity index (χ3v) is 3.79. The average molecular weight is 344 g/mol. The number of nitrogens with one attached hydrogen (secondary N) is 1. The van der Waals surface area contributed by atoms with Crippen LogP contribution < -0.4 is 5.32 Å². The van der Waals surface area contributed by atoms with E-state index in [4.69, 9.17) is 4.74 Å². The Hall–Kier alpha value is -0.910. The Bertz CT molecular complexity index is 422. The molecule has 3 unspecified atom stereocenters. The SMILES string of the molecule is COCCC(C)C(=O)NC(C)C(O)c1ccc(Br)cc1. The van der Waals surface area contributed by atoms with Gasteiger partial charge in [0.05, 0.1) is 12.1 Å². The van der Waals surface area contributed by atoms with E-state index in [9.17, 15) is 9.90 Å². The van der Waals surface area contributed by atoms with Crippen molar-refractivity contribution < 1.29 is 14.6 Å². The fourth-order valence-electron chi connectivity index (χ4n) is 1.82. The molecule has 112 valence electrons. The normalized spacial score (nSPS) is 15.4. The summed E-state index contributed by atoms with van der Waals surface area (Å²) in [4.78, 5) is 12.0. The summed E-state index contributed by atoms with van der Waals surface area (Å²) in [6.07, 6.45) is -0.0506. The highest BCUT2D eigenvalue weighted by Gasteiger charge is 2.21. The molecule has 0 bridgehead atoms. The summed E-state index contributed by atoms with van der Waals surface area (Å²) in [5.41, 5.74) is 0.783. The van der Waals surface area contributed by atoms with Gasteiger partial charge in [0.1, 0.15) is 0 Å². The first kappa shape index (κ1) is 17.1. The molecule has 0 spiro atoms. The standard InChI is InChI=1S/C15H22BrNO3/c1-10(8-9-20-3)15(19)17-11(2)14(18)12-4-6-13(16)7-5-12/h4-7,10-11,14,18H,8-9H2,1-3H3,(H,17,19). The number of hydrogen-bond donors (Lipinski definition) is 2. The zero-order chi connectivity index (χ0) is 15.1. The molecule has 0 saturated carbocycles. The van der Waals surface area contributed by atoms with Crippen LogP contribution >= 0.6 is 15.9 Å². The summed E-state index contributed by atoms with van der Waals surface area (Å²) < 4.78 is 5.92. The fraction of sp³-hybridized carbons (Fsp3) is 0.533. The van der Waals surface area contributed by atoms with Gasteiger partial charge in [-0.15, -0.1) is 0 Å². The van der Waals surface area contributed by atoms with Crippen molar-refractivity contribution in [2.45, 2.75) is 32.4 Å².